The summed E-state index contributed by atoms with van der Waals surface area (Å²) in [6.45, 7) is 4.54. The van der Waals surface area contributed by atoms with Crippen molar-refractivity contribution < 1.29 is 44.0 Å². The molecule has 0 aromatic rings. The molecule has 142 valence electrons. The van der Waals surface area contributed by atoms with E-state index in [1.807, 2.05) is 0 Å². The van der Waals surface area contributed by atoms with E-state index in [2.05, 4.69) is 13.8 Å². The highest BCUT2D eigenvalue weighted by Crippen LogP contribution is 2.07. The normalized spacial score (nSPS) is 10.0. The summed E-state index contributed by atoms with van der Waals surface area (Å²) in [5.41, 5.74) is 0. The van der Waals surface area contributed by atoms with Gasteiger partial charge in [0.15, 0.2) is 0 Å². The van der Waals surface area contributed by atoms with Crippen LogP contribution in [0.25, 0.3) is 0 Å². The first-order valence-electron chi connectivity index (χ1n) is 6.37. The molecule has 0 radical (unpaired) electrons. The van der Waals surface area contributed by atoms with Crippen LogP contribution >= 0.6 is 15.6 Å². The SMILES string of the molecule is C.CCCCCCCCCC.O.O=P([O-])([O-])[O-].O=P([O-])([O-])[O-]. The molecule has 2 N–H and O–H groups in total. The largest absolute Gasteiger partial charge is 0.822 e. The van der Waals surface area contributed by atoms with E-state index in [0.717, 1.165) is 0 Å². The molecule has 0 bridgehead atoms. The van der Waals surface area contributed by atoms with E-state index in [1.54, 1.807) is 0 Å². The Balaban J connectivity index is -0.0000000692. The Morgan fingerprint density at radius 2 is 0.727 bits per heavy atom. The van der Waals surface area contributed by atoms with Crippen LogP contribution < -0.4 is 29.4 Å². The first-order chi connectivity index (χ1) is 8.91. The molecule has 0 heterocycles. The summed E-state index contributed by atoms with van der Waals surface area (Å²) in [5, 5.41) is 0. The van der Waals surface area contributed by atoms with Crippen LogP contribution in [-0.4, -0.2) is 5.48 Å². The molecule has 0 saturated carbocycles. The molecule has 0 fully saturated rings. The highest BCUT2D eigenvalue weighted by Gasteiger charge is 1.87. The third kappa shape index (κ3) is 144. The van der Waals surface area contributed by atoms with Gasteiger partial charge in [0, 0.05) is 0 Å². The minimum atomic E-state index is -5.39. The van der Waals surface area contributed by atoms with E-state index < -0.39 is 15.6 Å². The number of phosphoric acid groups is 2. The van der Waals surface area contributed by atoms with Gasteiger partial charge in [0.25, 0.3) is 0 Å². The van der Waals surface area contributed by atoms with Crippen molar-refractivity contribution in [1.29, 1.82) is 0 Å². The molecule has 0 saturated heterocycles. The second kappa shape index (κ2) is 21.2. The van der Waals surface area contributed by atoms with Gasteiger partial charge in [-0.2, -0.15) is 15.6 Å². The van der Waals surface area contributed by atoms with E-state index in [4.69, 9.17) is 38.5 Å². The molecule has 0 aromatic heterocycles. The third-order valence-corrected chi connectivity index (χ3v) is 1.96. The monoisotopic (exact) mass is 366 g/mol. The lowest BCUT2D eigenvalue weighted by Crippen LogP contribution is -2.24. The summed E-state index contributed by atoms with van der Waals surface area (Å²) >= 11 is 0. The molecule has 0 aliphatic carbocycles. The third-order valence-electron chi connectivity index (χ3n) is 1.96. The maximum atomic E-state index is 8.55. The van der Waals surface area contributed by atoms with E-state index >= 15 is 0 Å². The molecule has 0 aliphatic heterocycles. The average Bonchev–Trinajstić information content (AvgIpc) is 2.18. The number of rotatable bonds is 7. The van der Waals surface area contributed by atoms with E-state index in [-0.39, 0.29) is 12.9 Å². The molecule has 0 atom stereocenters. The maximum Gasteiger partial charge on any atom is -0.0533 e. The lowest BCUT2D eigenvalue weighted by molar-refractivity contribution is -0.434. The molecular weight excluding hydrogens is 338 g/mol. The summed E-state index contributed by atoms with van der Waals surface area (Å²) in [4.78, 5) is 51.3. The molecular formula is C11H28O9P2-6. The molecule has 0 aromatic carbocycles. The van der Waals surface area contributed by atoms with Crippen LogP contribution in [0, 0.1) is 0 Å². The smallest absolute Gasteiger partial charge is 0.0533 e. The van der Waals surface area contributed by atoms with Gasteiger partial charge in [-0.05, 0) is 0 Å². The fourth-order valence-corrected chi connectivity index (χ4v) is 1.21. The van der Waals surface area contributed by atoms with E-state index in [9.17, 15) is 0 Å². The van der Waals surface area contributed by atoms with Crippen molar-refractivity contribution >= 4 is 15.6 Å². The van der Waals surface area contributed by atoms with Gasteiger partial charge in [-0.15, -0.1) is 0 Å². The van der Waals surface area contributed by atoms with E-state index in [1.165, 1.54) is 51.4 Å². The van der Waals surface area contributed by atoms with Gasteiger partial charge in [0.05, 0.1) is 0 Å². The van der Waals surface area contributed by atoms with Gasteiger partial charge < -0.3 is 44.0 Å². The Morgan fingerprint density at radius 3 is 0.864 bits per heavy atom. The first-order valence-corrected chi connectivity index (χ1v) is 9.30. The van der Waals surface area contributed by atoms with Gasteiger partial charge in [-0.3, -0.25) is 0 Å². The van der Waals surface area contributed by atoms with Crippen molar-refractivity contribution in [3.05, 3.63) is 0 Å². The van der Waals surface area contributed by atoms with Crippen molar-refractivity contribution in [3.8, 4) is 0 Å². The zero-order valence-corrected chi connectivity index (χ0v) is 14.1. The topological polar surface area (TPSA) is 204 Å². The zero-order valence-electron chi connectivity index (χ0n) is 12.3. The summed E-state index contributed by atoms with van der Waals surface area (Å²) in [5.74, 6) is 0. The number of hydrogen-bond acceptors (Lipinski definition) is 8. The van der Waals surface area contributed by atoms with Gasteiger partial charge in [0.1, 0.15) is 0 Å². The Bertz CT molecular complexity index is 230. The highest BCUT2D eigenvalue weighted by molar-refractivity contribution is 7.40. The van der Waals surface area contributed by atoms with Crippen LogP contribution in [0.1, 0.15) is 72.6 Å². The van der Waals surface area contributed by atoms with Crippen molar-refractivity contribution in [2.75, 3.05) is 0 Å². The Kier molecular flexibility index (Phi) is 32.5. The summed E-state index contributed by atoms with van der Waals surface area (Å²) in [6, 6.07) is 0. The summed E-state index contributed by atoms with van der Waals surface area (Å²) in [7, 11) is -10.8. The van der Waals surface area contributed by atoms with Gasteiger partial charge in [-0.25, -0.2) is 0 Å². The van der Waals surface area contributed by atoms with Gasteiger partial charge in [-0.1, -0.05) is 72.6 Å². The molecule has 0 unspecified atom stereocenters. The fourth-order valence-electron chi connectivity index (χ4n) is 1.21. The lowest BCUT2D eigenvalue weighted by atomic mass is 10.1. The standard InChI is InChI=1S/C10H22.CH4.2H3O4P.H2O/c1-3-5-7-9-10-8-6-4-2;;2*1-5(2,3)4;/h3-10H2,1-2H3;1H4;2*(H3,1,2,3,4);1H2/p-6. The predicted octanol–water partition coefficient (Wildman–Crippen LogP) is -1.69. The van der Waals surface area contributed by atoms with Crippen molar-refractivity contribution in [2.45, 2.75) is 72.6 Å². The van der Waals surface area contributed by atoms with Gasteiger partial charge >= 0.3 is 0 Å². The van der Waals surface area contributed by atoms with Crippen molar-refractivity contribution in [1.82, 2.24) is 0 Å². The van der Waals surface area contributed by atoms with Crippen molar-refractivity contribution in [3.63, 3.8) is 0 Å². The first kappa shape index (κ1) is 33.7. The fraction of sp³-hybridized carbons (Fsp3) is 1.00. The highest BCUT2D eigenvalue weighted by atomic mass is 31.2. The van der Waals surface area contributed by atoms with Gasteiger partial charge in [0.2, 0.25) is 0 Å². The quantitative estimate of drug-likeness (QED) is 0.374. The number of hydrogen-bond donors (Lipinski definition) is 0. The second-order valence-corrected chi connectivity index (χ2v) is 5.80. The molecule has 0 amide bonds. The lowest BCUT2D eigenvalue weighted by Gasteiger charge is -2.36. The van der Waals surface area contributed by atoms with Crippen LogP contribution in [0.3, 0.4) is 0 Å². The molecule has 11 heteroatoms. The Morgan fingerprint density at radius 1 is 0.591 bits per heavy atom. The Labute approximate surface area is 133 Å². The Hall–Kier alpha value is 0.180. The summed E-state index contributed by atoms with van der Waals surface area (Å²) < 4.78 is 17.1. The van der Waals surface area contributed by atoms with Crippen LogP contribution in [0.15, 0.2) is 0 Å². The summed E-state index contributed by atoms with van der Waals surface area (Å²) in [6.07, 6.45) is 11.5. The van der Waals surface area contributed by atoms with Crippen LogP contribution in [-0.2, 0) is 9.13 Å². The molecule has 9 nitrogen and oxygen atoms in total. The van der Waals surface area contributed by atoms with Crippen molar-refractivity contribution in [2.24, 2.45) is 0 Å². The average molecular weight is 366 g/mol. The minimum Gasteiger partial charge on any atom is -0.822 e. The van der Waals surface area contributed by atoms with E-state index in [0.29, 0.717) is 0 Å². The predicted molar refractivity (Wildman–Crippen MR) is 73.8 cm³/mol. The van der Waals surface area contributed by atoms with Crippen LogP contribution in [0.5, 0.6) is 0 Å². The zero-order chi connectivity index (χ0) is 16.7. The molecule has 22 heavy (non-hydrogen) atoms. The molecule has 0 aliphatic rings. The van der Waals surface area contributed by atoms with Crippen LogP contribution in [0.4, 0.5) is 0 Å². The molecule has 0 rings (SSSR count). The minimum absolute atomic E-state index is 0. The second-order valence-electron chi connectivity index (χ2n) is 4.02. The molecule has 0 spiro atoms. The van der Waals surface area contributed by atoms with Crippen LogP contribution in [0.2, 0.25) is 0 Å². The number of unbranched alkanes of at least 4 members (excludes halogenated alkanes) is 7. The maximum absolute atomic E-state index is 8.55.